The molecule has 6 nitrogen and oxygen atoms in total. The molecule has 0 atom stereocenters. The normalized spacial score (nSPS) is 13.6. The van der Waals surface area contributed by atoms with Crippen molar-refractivity contribution in [3.8, 4) is 11.5 Å². The van der Waals surface area contributed by atoms with E-state index in [4.69, 9.17) is 9.05 Å². The van der Waals surface area contributed by atoms with Crippen molar-refractivity contribution >= 4 is 17.2 Å². The lowest BCUT2D eigenvalue weighted by Gasteiger charge is -2.33. The van der Waals surface area contributed by atoms with Crippen molar-refractivity contribution in [2.24, 2.45) is 0 Å². The summed E-state index contributed by atoms with van der Waals surface area (Å²) in [5, 5.41) is 0. The van der Waals surface area contributed by atoms with Gasteiger partial charge in [-0.1, -0.05) is 114 Å². The summed E-state index contributed by atoms with van der Waals surface area (Å²) >= 11 is 0. The van der Waals surface area contributed by atoms with Gasteiger partial charge in [0.1, 0.15) is 11.5 Å². The van der Waals surface area contributed by atoms with Crippen LogP contribution >= 0.6 is 17.2 Å². The zero-order chi connectivity index (χ0) is 29.6. The highest BCUT2D eigenvalue weighted by molar-refractivity contribution is 7.40. The maximum Gasteiger partial charge on any atom is 0.391 e. The van der Waals surface area contributed by atoms with E-state index >= 15 is 0 Å². The molecule has 0 unspecified atom stereocenters. The first-order valence-electron chi connectivity index (χ1n) is 13.0. The summed E-state index contributed by atoms with van der Waals surface area (Å²) in [6, 6.07) is 8.32. The maximum absolute atomic E-state index is 9.99. The van der Waals surface area contributed by atoms with Crippen LogP contribution in [0.25, 0.3) is 0 Å². The van der Waals surface area contributed by atoms with Gasteiger partial charge >= 0.3 is 17.2 Å². The summed E-state index contributed by atoms with van der Waals surface area (Å²) in [7, 11) is -5.33. The topological polar surface area (TPSA) is 99.4 Å². The van der Waals surface area contributed by atoms with Gasteiger partial charge in [-0.15, -0.1) is 0 Å². The van der Waals surface area contributed by atoms with Crippen molar-refractivity contribution in [3.05, 3.63) is 57.6 Å². The number of rotatable bonds is 6. The van der Waals surface area contributed by atoms with E-state index in [9.17, 15) is 19.6 Å². The third-order valence-electron chi connectivity index (χ3n) is 6.86. The van der Waals surface area contributed by atoms with Gasteiger partial charge in [0.05, 0.1) is 0 Å². The average molecular weight is 567 g/mol. The summed E-state index contributed by atoms with van der Waals surface area (Å²) in [5.74, 6) is 0.541. The molecule has 0 radical (unpaired) electrons. The molecule has 0 aromatic heterocycles. The lowest BCUT2D eigenvalue weighted by Crippen LogP contribution is -2.21. The summed E-state index contributed by atoms with van der Waals surface area (Å²) in [6.45, 7) is 27.3. The minimum absolute atomic E-state index is 0.177. The maximum atomic E-state index is 9.99. The van der Waals surface area contributed by atoms with E-state index in [0.29, 0.717) is 11.5 Å². The van der Waals surface area contributed by atoms with Crippen LogP contribution in [0.4, 0.5) is 0 Å². The standard InChI is InChI=1S/C30H48O6P2/c1-18(21-14-19(27(2,3)4)16-23(29(8,9)10)25(21)35-37(31)32)22-15-20(28(5,6)7)17-24(30(11,12)13)26(22)36-38(33)34/h14-18,31-34H,1-13H3. The van der Waals surface area contributed by atoms with Crippen LogP contribution in [-0.4, -0.2) is 19.6 Å². The van der Waals surface area contributed by atoms with Crippen molar-refractivity contribution in [1.82, 2.24) is 0 Å². The Balaban J connectivity index is 3.09. The van der Waals surface area contributed by atoms with E-state index in [1.807, 2.05) is 6.92 Å². The second kappa shape index (κ2) is 11.3. The molecule has 38 heavy (non-hydrogen) atoms. The Bertz CT molecular complexity index is 1040. The quantitative estimate of drug-likeness (QED) is 0.263. The van der Waals surface area contributed by atoms with Crippen LogP contribution in [0.2, 0.25) is 0 Å². The Morgan fingerprint density at radius 3 is 1.03 bits per heavy atom. The van der Waals surface area contributed by atoms with Crippen LogP contribution in [0, 0.1) is 0 Å². The predicted octanol–water partition coefficient (Wildman–Crippen LogP) is 8.21. The molecule has 0 bridgehead atoms. The highest BCUT2D eigenvalue weighted by atomic mass is 31.2. The Morgan fingerprint density at radius 2 is 0.816 bits per heavy atom. The van der Waals surface area contributed by atoms with Gasteiger partial charge in [0.2, 0.25) is 0 Å². The summed E-state index contributed by atoms with van der Waals surface area (Å²) in [5.41, 5.74) is 4.46. The average Bonchev–Trinajstić information content (AvgIpc) is 2.69. The molecule has 8 heteroatoms. The van der Waals surface area contributed by atoms with Gasteiger partial charge in [0.25, 0.3) is 0 Å². The molecule has 0 spiro atoms. The summed E-state index contributed by atoms with van der Waals surface area (Å²) in [4.78, 5) is 39.9. The van der Waals surface area contributed by atoms with E-state index in [1.54, 1.807) is 0 Å². The molecule has 2 aromatic carbocycles. The molecule has 4 N–H and O–H groups in total. The van der Waals surface area contributed by atoms with Crippen molar-refractivity contribution in [3.63, 3.8) is 0 Å². The number of benzene rings is 2. The Hall–Kier alpha value is -1.26. The molecular weight excluding hydrogens is 518 g/mol. The van der Waals surface area contributed by atoms with Gasteiger partial charge in [-0.25, -0.2) is 0 Å². The molecule has 2 rings (SSSR count). The third kappa shape index (κ3) is 7.90. The fraction of sp³-hybridized carbons (Fsp3) is 0.600. The molecule has 214 valence electrons. The van der Waals surface area contributed by atoms with Crippen molar-refractivity contribution < 1.29 is 28.6 Å². The minimum Gasteiger partial charge on any atom is -0.426 e. The third-order valence-corrected chi connectivity index (χ3v) is 7.55. The molecule has 0 saturated heterocycles. The van der Waals surface area contributed by atoms with E-state index in [2.05, 4.69) is 107 Å². The molecule has 2 aromatic rings. The fourth-order valence-electron chi connectivity index (χ4n) is 4.46. The monoisotopic (exact) mass is 566 g/mol. The van der Waals surface area contributed by atoms with Gasteiger partial charge in [-0.3, -0.25) is 0 Å². The van der Waals surface area contributed by atoms with E-state index in [1.165, 1.54) is 0 Å². The lowest BCUT2D eigenvalue weighted by atomic mass is 9.74. The number of hydrogen-bond donors (Lipinski definition) is 4. The Labute approximate surface area is 232 Å². The summed E-state index contributed by atoms with van der Waals surface area (Å²) in [6.07, 6.45) is 0. The fourth-order valence-corrected chi connectivity index (χ4v) is 5.19. The van der Waals surface area contributed by atoms with Crippen LogP contribution in [0.3, 0.4) is 0 Å². The zero-order valence-electron chi connectivity index (χ0n) is 25.4. The molecule has 0 fully saturated rings. The smallest absolute Gasteiger partial charge is 0.391 e. The molecule has 0 amide bonds. The summed E-state index contributed by atoms with van der Waals surface area (Å²) < 4.78 is 11.5. The first-order valence-corrected chi connectivity index (χ1v) is 15.4. The van der Waals surface area contributed by atoms with Crippen molar-refractivity contribution in [2.45, 2.75) is 118 Å². The SMILES string of the molecule is CC(c1cc(C(C)(C)C)cc(C(C)(C)C)c1OP(O)O)c1cc(C(C)(C)C)cc(C(C)(C)C)c1OP(O)O. The Morgan fingerprint density at radius 1 is 0.526 bits per heavy atom. The predicted molar refractivity (Wildman–Crippen MR) is 159 cm³/mol. The van der Waals surface area contributed by atoms with Crippen LogP contribution in [-0.2, 0) is 21.7 Å². The van der Waals surface area contributed by atoms with Crippen LogP contribution in [0.1, 0.15) is 129 Å². The van der Waals surface area contributed by atoms with E-state index in [-0.39, 0.29) is 27.6 Å². The van der Waals surface area contributed by atoms with Crippen molar-refractivity contribution in [1.29, 1.82) is 0 Å². The number of hydrogen-bond acceptors (Lipinski definition) is 6. The first kappa shape index (κ1) is 32.9. The molecule has 0 saturated carbocycles. The van der Waals surface area contributed by atoms with Gasteiger partial charge in [0.15, 0.2) is 0 Å². The second-order valence-corrected chi connectivity index (χ2v) is 15.7. The molecule has 0 heterocycles. The highest BCUT2D eigenvalue weighted by Gasteiger charge is 2.33. The van der Waals surface area contributed by atoms with E-state index in [0.717, 1.165) is 33.4 Å². The largest absolute Gasteiger partial charge is 0.426 e. The minimum atomic E-state index is -2.67. The lowest BCUT2D eigenvalue weighted by molar-refractivity contribution is 0.366. The van der Waals surface area contributed by atoms with Gasteiger partial charge < -0.3 is 28.6 Å². The van der Waals surface area contributed by atoms with Gasteiger partial charge in [-0.05, 0) is 32.8 Å². The second-order valence-electron chi connectivity index (χ2n) is 14.3. The highest BCUT2D eigenvalue weighted by Crippen LogP contribution is 2.50. The molecule has 0 aliphatic rings. The van der Waals surface area contributed by atoms with Gasteiger partial charge in [-0.2, -0.15) is 0 Å². The molecular formula is C30H48O6P2. The van der Waals surface area contributed by atoms with E-state index < -0.39 is 17.2 Å². The van der Waals surface area contributed by atoms with Crippen LogP contribution in [0.5, 0.6) is 11.5 Å². The Kier molecular flexibility index (Phi) is 9.81. The first-order chi connectivity index (χ1) is 16.9. The van der Waals surface area contributed by atoms with Crippen LogP contribution < -0.4 is 9.05 Å². The van der Waals surface area contributed by atoms with Gasteiger partial charge in [0, 0.05) is 28.2 Å². The van der Waals surface area contributed by atoms with Crippen LogP contribution in [0.15, 0.2) is 24.3 Å². The molecule has 0 aliphatic carbocycles. The van der Waals surface area contributed by atoms with Crippen molar-refractivity contribution in [2.75, 3.05) is 0 Å². The zero-order valence-corrected chi connectivity index (χ0v) is 27.2. The molecule has 0 aliphatic heterocycles.